The summed E-state index contributed by atoms with van der Waals surface area (Å²) in [7, 11) is 0. The highest BCUT2D eigenvalue weighted by Crippen LogP contribution is 2.42. The standard InChI is InChI=1S/C27H24ClN3O2S/c1-18(2)30(27(33)24-13-7-15-34-24)17-25(32)31-22-11-4-3-10-21(22)29-14-6-12-23(29)26(31)19-8-5-9-20(28)16-19/h3-16,18,26H,17H2,1-2H3. The van der Waals surface area contributed by atoms with E-state index in [1.807, 2.05) is 97.1 Å². The third-order valence-corrected chi connectivity index (χ3v) is 7.17. The van der Waals surface area contributed by atoms with Crippen LogP contribution in [-0.4, -0.2) is 33.9 Å². The molecule has 0 saturated carbocycles. The fraction of sp³-hybridized carbons (Fsp3) is 0.185. The van der Waals surface area contributed by atoms with Crippen molar-refractivity contribution in [2.24, 2.45) is 0 Å². The molecule has 0 saturated heterocycles. The average Bonchev–Trinajstić information content (AvgIpc) is 3.53. The maximum Gasteiger partial charge on any atom is 0.264 e. The van der Waals surface area contributed by atoms with E-state index in [1.54, 1.807) is 11.0 Å². The van der Waals surface area contributed by atoms with Gasteiger partial charge in [-0.1, -0.05) is 41.9 Å². The van der Waals surface area contributed by atoms with Gasteiger partial charge in [-0.2, -0.15) is 0 Å². The van der Waals surface area contributed by atoms with Crippen molar-refractivity contribution in [3.05, 3.63) is 106 Å². The molecule has 0 spiro atoms. The Morgan fingerprint density at radius 3 is 2.50 bits per heavy atom. The van der Waals surface area contributed by atoms with Crippen LogP contribution >= 0.6 is 22.9 Å². The molecule has 2 amide bonds. The number of halogens is 1. The molecule has 4 aromatic rings. The van der Waals surface area contributed by atoms with Gasteiger partial charge >= 0.3 is 0 Å². The van der Waals surface area contributed by atoms with E-state index >= 15 is 0 Å². The normalized spacial score (nSPS) is 14.6. The molecule has 3 heterocycles. The Labute approximate surface area is 207 Å². The Bertz CT molecular complexity index is 1350. The van der Waals surface area contributed by atoms with Gasteiger partial charge in [-0.15, -0.1) is 11.3 Å². The van der Waals surface area contributed by atoms with E-state index in [4.69, 9.17) is 11.6 Å². The highest BCUT2D eigenvalue weighted by molar-refractivity contribution is 7.12. The van der Waals surface area contributed by atoms with Crippen molar-refractivity contribution in [1.29, 1.82) is 0 Å². The lowest BCUT2D eigenvalue weighted by Gasteiger charge is -2.40. The first-order valence-electron chi connectivity index (χ1n) is 11.1. The van der Waals surface area contributed by atoms with E-state index in [9.17, 15) is 9.59 Å². The van der Waals surface area contributed by atoms with E-state index in [2.05, 4.69) is 4.57 Å². The van der Waals surface area contributed by atoms with Crippen molar-refractivity contribution < 1.29 is 9.59 Å². The molecule has 0 aliphatic carbocycles. The number of benzene rings is 2. The maximum atomic E-state index is 14.0. The first-order chi connectivity index (χ1) is 16.5. The lowest BCUT2D eigenvalue weighted by atomic mass is 9.97. The van der Waals surface area contributed by atoms with Crippen LogP contribution in [0.25, 0.3) is 5.69 Å². The molecule has 1 unspecified atom stereocenters. The summed E-state index contributed by atoms with van der Waals surface area (Å²) in [5.41, 5.74) is 3.61. The molecule has 2 aromatic carbocycles. The van der Waals surface area contributed by atoms with Crippen LogP contribution in [0.4, 0.5) is 5.69 Å². The Kier molecular flexibility index (Phi) is 6.02. The van der Waals surface area contributed by atoms with Crippen LogP contribution in [0.5, 0.6) is 0 Å². The Morgan fingerprint density at radius 2 is 1.79 bits per heavy atom. The molecule has 5 nitrogen and oxygen atoms in total. The summed E-state index contributed by atoms with van der Waals surface area (Å²) in [5, 5.41) is 2.48. The summed E-state index contributed by atoms with van der Waals surface area (Å²) in [6.07, 6.45) is 2.01. The number of hydrogen-bond acceptors (Lipinski definition) is 3. The zero-order chi connectivity index (χ0) is 23.8. The number of para-hydroxylation sites is 2. The molecule has 7 heteroatoms. The van der Waals surface area contributed by atoms with Gasteiger partial charge < -0.3 is 9.47 Å². The average molecular weight is 490 g/mol. The molecule has 0 N–H and O–H groups in total. The van der Waals surface area contributed by atoms with Gasteiger partial charge in [-0.3, -0.25) is 14.5 Å². The molecule has 0 fully saturated rings. The maximum absolute atomic E-state index is 14.0. The molecule has 34 heavy (non-hydrogen) atoms. The van der Waals surface area contributed by atoms with Crippen LogP contribution in [0.3, 0.4) is 0 Å². The Hall–Kier alpha value is -3.35. The van der Waals surface area contributed by atoms with Gasteiger partial charge in [0.25, 0.3) is 5.91 Å². The quantitative estimate of drug-likeness (QED) is 0.336. The molecular formula is C27H24ClN3O2S. The van der Waals surface area contributed by atoms with Crippen molar-refractivity contribution in [2.75, 3.05) is 11.4 Å². The predicted octanol–water partition coefficient (Wildman–Crippen LogP) is 6.18. The van der Waals surface area contributed by atoms with E-state index in [0.29, 0.717) is 9.90 Å². The van der Waals surface area contributed by atoms with Crippen LogP contribution in [0.1, 0.15) is 40.8 Å². The molecule has 1 aliphatic rings. The van der Waals surface area contributed by atoms with E-state index in [0.717, 1.165) is 22.6 Å². The van der Waals surface area contributed by atoms with Gasteiger partial charge in [0.1, 0.15) is 12.6 Å². The SMILES string of the molecule is CC(C)N(CC(=O)N1c2ccccc2-n2cccc2C1c1cccc(Cl)c1)C(=O)c1cccs1. The monoisotopic (exact) mass is 489 g/mol. The van der Waals surface area contributed by atoms with Crippen LogP contribution in [0.2, 0.25) is 5.02 Å². The minimum absolute atomic E-state index is 0.0273. The fourth-order valence-electron chi connectivity index (χ4n) is 4.51. The zero-order valence-electron chi connectivity index (χ0n) is 18.9. The fourth-order valence-corrected chi connectivity index (χ4v) is 5.38. The largest absolute Gasteiger partial charge is 0.326 e. The lowest BCUT2D eigenvalue weighted by Crippen LogP contribution is -2.48. The number of carbonyl (C=O) groups excluding carboxylic acids is 2. The van der Waals surface area contributed by atoms with Crippen LogP contribution in [0, 0.1) is 0 Å². The molecule has 5 rings (SSSR count). The number of nitrogens with zero attached hydrogens (tertiary/aromatic N) is 3. The van der Waals surface area contributed by atoms with Crippen molar-refractivity contribution in [1.82, 2.24) is 9.47 Å². The molecular weight excluding hydrogens is 466 g/mol. The molecule has 1 atom stereocenters. The number of hydrogen-bond donors (Lipinski definition) is 0. The Balaban J connectivity index is 1.60. The number of rotatable bonds is 5. The van der Waals surface area contributed by atoms with E-state index in [-0.39, 0.29) is 30.4 Å². The van der Waals surface area contributed by atoms with Crippen LogP contribution < -0.4 is 4.90 Å². The summed E-state index contributed by atoms with van der Waals surface area (Å²) < 4.78 is 2.11. The van der Waals surface area contributed by atoms with Gasteiger partial charge in [-0.25, -0.2) is 0 Å². The highest BCUT2D eigenvalue weighted by Gasteiger charge is 2.37. The topological polar surface area (TPSA) is 45.6 Å². The molecule has 0 bridgehead atoms. The van der Waals surface area contributed by atoms with Gasteiger partial charge in [0.05, 0.1) is 21.9 Å². The number of amides is 2. The summed E-state index contributed by atoms with van der Waals surface area (Å²) >= 11 is 7.74. The smallest absolute Gasteiger partial charge is 0.264 e. The molecule has 0 radical (unpaired) electrons. The summed E-state index contributed by atoms with van der Waals surface area (Å²) in [5.74, 6) is -0.283. The minimum Gasteiger partial charge on any atom is -0.326 e. The van der Waals surface area contributed by atoms with Crippen LogP contribution in [0.15, 0.2) is 84.4 Å². The van der Waals surface area contributed by atoms with Gasteiger partial charge in [0, 0.05) is 17.3 Å². The van der Waals surface area contributed by atoms with Crippen molar-refractivity contribution >= 4 is 40.4 Å². The van der Waals surface area contributed by atoms with E-state index in [1.165, 1.54) is 11.3 Å². The number of anilines is 1. The molecule has 2 aromatic heterocycles. The highest BCUT2D eigenvalue weighted by atomic mass is 35.5. The lowest BCUT2D eigenvalue weighted by molar-refractivity contribution is -0.120. The second kappa shape index (κ2) is 9.12. The second-order valence-electron chi connectivity index (χ2n) is 8.52. The third-order valence-electron chi connectivity index (χ3n) is 6.07. The van der Waals surface area contributed by atoms with Gasteiger partial charge in [0.2, 0.25) is 5.91 Å². The second-order valence-corrected chi connectivity index (χ2v) is 9.90. The first kappa shape index (κ1) is 22.4. The molecule has 1 aliphatic heterocycles. The third kappa shape index (κ3) is 3.93. The Morgan fingerprint density at radius 1 is 1.00 bits per heavy atom. The zero-order valence-corrected chi connectivity index (χ0v) is 20.5. The summed E-state index contributed by atoms with van der Waals surface area (Å²) in [4.78, 5) is 31.3. The number of thiophene rings is 1. The minimum atomic E-state index is -0.373. The number of aromatic nitrogens is 1. The molecule has 172 valence electrons. The van der Waals surface area contributed by atoms with Crippen molar-refractivity contribution in [3.8, 4) is 5.69 Å². The summed E-state index contributed by atoms with van der Waals surface area (Å²) in [6.45, 7) is 3.84. The van der Waals surface area contributed by atoms with Crippen molar-refractivity contribution in [2.45, 2.75) is 25.9 Å². The van der Waals surface area contributed by atoms with Gasteiger partial charge in [-0.05, 0) is 67.3 Å². The number of carbonyl (C=O) groups is 2. The summed E-state index contributed by atoms with van der Waals surface area (Å²) in [6, 6.07) is 22.6. The van der Waals surface area contributed by atoms with Crippen molar-refractivity contribution in [3.63, 3.8) is 0 Å². The van der Waals surface area contributed by atoms with Gasteiger partial charge in [0.15, 0.2) is 0 Å². The first-order valence-corrected chi connectivity index (χ1v) is 12.4. The predicted molar refractivity (Wildman–Crippen MR) is 137 cm³/mol. The number of fused-ring (bicyclic) bond motifs is 3. The van der Waals surface area contributed by atoms with Crippen LogP contribution in [-0.2, 0) is 4.79 Å². The van der Waals surface area contributed by atoms with E-state index < -0.39 is 0 Å².